The monoisotopic (exact) mass is 252 g/mol. The molecule has 1 N–H and O–H groups in total. The second-order valence-electron chi connectivity index (χ2n) is 4.64. The molecule has 0 aromatic heterocycles. The van der Waals surface area contributed by atoms with E-state index in [0.29, 0.717) is 12.0 Å². The van der Waals surface area contributed by atoms with Crippen molar-refractivity contribution in [2.24, 2.45) is 10.9 Å². The molecule has 0 amide bonds. The fraction of sp³-hybridized carbons (Fsp3) is 0.462. The molecule has 1 aliphatic heterocycles. The number of benzene rings is 1. The zero-order valence-corrected chi connectivity index (χ0v) is 11.1. The molecular formula is C13H17FN2S. The lowest BCUT2D eigenvalue weighted by Crippen LogP contribution is -2.12. The molecule has 4 heteroatoms. The standard InChI is InChI=1S/C13H17FN2S/c1-8(2)12-7-17-13(16-12)15-11-6-10(14)5-4-9(11)3/h4-6,8,12H,7H2,1-3H3,(H,15,16). The van der Waals surface area contributed by atoms with Crippen LogP contribution in [0.15, 0.2) is 23.2 Å². The molecule has 1 atom stereocenters. The maximum absolute atomic E-state index is 13.1. The Hall–Kier alpha value is -1.03. The molecular weight excluding hydrogens is 235 g/mol. The second kappa shape index (κ2) is 5.08. The Labute approximate surface area is 106 Å². The fourth-order valence-electron chi connectivity index (χ4n) is 1.64. The summed E-state index contributed by atoms with van der Waals surface area (Å²) in [6, 6.07) is 5.14. The van der Waals surface area contributed by atoms with Gasteiger partial charge in [0.15, 0.2) is 5.17 Å². The van der Waals surface area contributed by atoms with Gasteiger partial charge in [0, 0.05) is 11.4 Å². The van der Waals surface area contributed by atoms with E-state index in [1.807, 2.05) is 6.92 Å². The predicted octanol–water partition coefficient (Wildman–Crippen LogP) is 3.67. The van der Waals surface area contributed by atoms with Gasteiger partial charge < -0.3 is 5.32 Å². The molecule has 2 rings (SSSR count). The number of amidine groups is 1. The van der Waals surface area contributed by atoms with Crippen LogP contribution in [0.3, 0.4) is 0 Å². The Morgan fingerprint density at radius 3 is 2.88 bits per heavy atom. The Bertz CT molecular complexity index is 443. The third-order valence-corrected chi connectivity index (χ3v) is 3.87. The number of nitrogens with zero attached hydrogens (tertiary/aromatic N) is 1. The Balaban J connectivity index is 2.11. The van der Waals surface area contributed by atoms with Crippen molar-refractivity contribution in [1.82, 2.24) is 0 Å². The summed E-state index contributed by atoms with van der Waals surface area (Å²) in [5.41, 5.74) is 1.84. The summed E-state index contributed by atoms with van der Waals surface area (Å²) in [7, 11) is 0. The van der Waals surface area contributed by atoms with E-state index in [4.69, 9.17) is 0 Å². The van der Waals surface area contributed by atoms with Gasteiger partial charge in [-0.1, -0.05) is 31.7 Å². The van der Waals surface area contributed by atoms with Crippen LogP contribution in [0.2, 0.25) is 0 Å². The summed E-state index contributed by atoms with van der Waals surface area (Å²) >= 11 is 1.70. The summed E-state index contributed by atoms with van der Waals surface area (Å²) in [4.78, 5) is 4.60. The highest BCUT2D eigenvalue weighted by atomic mass is 32.2. The minimum atomic E-state index is -0.220. The van der Waals surface area contributed by atoms with Crippen molar-refractivity contribution >= 4 is 22.6 Å². The van der Waals surface area contributed by atoms with Gasteiger partial charge in [0.2, 0.25) is 0 Å². The van der Waals surface area contributed by atoms with E-state index in [1.54, 1.807) is 17.8 Å². The van der Waals surface area contributed by atoms with Gasteiger partial charge in [0.05, 0.1) is 6.04 Å². The Kier molecular flexibility index (Phi) is 3.72. The van der Waals surface area contributed by atoms with Crippen LogP contribution in [-0.2, 0) is 0 Å². The number of halogens is 1. The molecule has 1 unspecified atom stereocenters. The van der Waals surface area contributed by atoms with E-state index < -0.39 is 0 Å². The number of anilines is 1. The number of aryl methyl sites for hydroxylation is 1. The zero-order valence-electron chi connectivity index (χ0n) is 10.3. The summed E-state index contributed by atoms with van der Waals surface area (Å²) in [6.45, 7) is 6.30. The third-order valence-electron chi connectivity index (χ3n) is 2.88. The first-order chi connectivity index (χ1) is 8.06. The second-order valence-corrected chi connectivity index (χ2v) is 5.65. The molecule has 0 aliphatic carbocycles. The smallest absolute Gasteiger partial charge is 0.161 e. The molecule has 0 saturated heterocycles. The number of nitrogens with one attached hydrogen (secondary N) is 1. The minimum Gasteiger partial charge on any atom is -0.335 e. The maximum Gasteiger partial charge on any atom is 0.161 e. The van der Waals surface area contributed by atoms with Crippen molar-refractivity contribution in [3.8, 4) is 0 Å². The van der Waals surface area contributed by atoms with Crippen LogP contribution < -0.4 is 5.32 Å². The van der Waals surface area contributed by atoms with E-state index in [0.717, 1.165) is 22.2 Å². The first kappa shape index (κ1) is 12.4. The summed E-state index contributed by atoms with van der Waals surface area (Å²) in [5.74, 6) is 1.34. The molecule has 1 aromatic rings. The average molecular weight is 252 g/mol. The van der Waals surface area contributed by atoms with Crippen LogP contribution in [0, 0.1) is 18.7 Å². The van der Waals surface area contributed by atoms with E-state index in [-0.39, 0.29) is 5.82 Å². The SMILES string of the molecule is Cc1ccc(F)cc1NC1=NC(C(C)C)CS1. The highest BCUT2D eigenvalue weighted by Gasteiger charge is 2.21. The van der Waals surface area contributed by atoms with Gasteiger partial charge >= 0.3 is 0 Å². The normalized spacial score (nSPS) is 19.6. The van der Waals surface area contributed by atoms with Gasteiger partial charge in [0.1, 0.15) is 5.82 Å². The number of thioether (sulfide) groups is 1. The van der Waals surface area contributed by atoms with Gasteiger partial charge in [0.25, 0.3) is 0 Å². The lowest BCUT2D eigenvalue weighted by Gasteiger charge is -2.09. The summed E-state index contributed by atoms with van der Waals surface area (Å²) in [5, 5.41) is 4.11. The number of aliphatic imine (C=N–C) groups is 1. The molecule has 17 heavy (non-hydrogen) atoms. The van der Waals surface area contributed by atoms with Crippen molar-refractivity contribution in [3.63, 3.8) is 0 Å². The quantitative estimate of drug-likeness (QED) is 0.868. The molecule has 0 saturated carbocycles. The molecule has 0 radical (unpaired) electrons. The molecule has 0 bridgehead atoms. The van der Waals surface area contributed by atoms with Crippen molar-refractivity contribution in [3.05, 3.63) is 29.6 Å². The van der Waals surface area contributed by atoms with Gasteiger partial charge in [-0.15, -0.1) is 0 Å². The topological polar surface area (TPSA) is 24.4 Å². The minimum absolute atomic E-state index is 0.220. The van der Waals surface area contributed by atoms with Crippen molar-refractivity contribution < 1.29 is 4.39 Å². The Morgan fingerprint density at radius 2 is 2.24 bits per heavy atom. The van der Waals surface area contributed by atoms with Gasteiger partial charge in [-0.3, -0.25) is 4.99 Å². The van der Waals surface area contributed by atoms with Crippen LogP contribution in [-0.4, -0.2) is 17.0 Å². The van der Waals surface area contributed by atoms with E-state index in [1.165, 1.54) is 12.1 Å². The van der Waals surface area contributed by atoms with Crippen molar-refractivity contribution in [1.29, 1.82) is 0 Å². The predicted molar refractivity (Wildman–Crippen MR) is 73.3 cm³/mol. The van der Waals surface area contributed by atoms with Crippen LogP contribution >= 0.6 is 11.8 Å². The number of hydrogen-bond donors (Lipinski definition) is 1. The lowest BCUT2D eigenvalue weighted by atomic mass is 10.1. The molecule has 1 aromatic carbocycles. The summed E-state index contributed by atoms with van der Waals surface area (Å²) < 4.78 is 13.1. The molecule has 0 spiro atoms. The van der Waals surface area contributed by atoms with Crippen LogP contribution in [0.1, 0.15) is 19.4 Å². The highest BCUT2D eigenvalue weighted by Crippen LogP contribution is 2.25. The first-order valence-corrected chi connectivity index (χ1v) is 6.78. The zero-order chi connectivity index (χ0) is 12.4. The van der Waals surface area contributed by atoms with E-state index >= 15 is 0 Å². The van der Waals surface area contributed by atoms with Gasteiger partial charge in [-0.2, -0.15) is 0 Å². The molecule has 1 aliphatic rings. The Morgan fingerprint density at radius 1 is 1.47 bits per heavy atom. The highest BCUT2D eigenvalue weighted by molar-refractivity contribution is 8.14. The first-order valence-electron chi connectivity index (χ1n) is 5.80. The van der Waals surface area contributed by atoms with E-state index in [9.17, 15) is 4.39 Å². The number of rotatable bonds is 2. The van der Waals surface area contributed by atoms with Crippen molar-refractivity contribution in [2.45, 2.75) is 26.8 Å². The fourth-order valence-corrected chi connectivity index (χ4v) is 2.82. The lowest BCUT2D eigenvalue weighted by molar-refractivity contribution is 0.543. The van der Waals surface area contributed by atoms with Gasteiger partial charge in [-0.05, 0) is 30.5 Å². The maximum atomic E-state index is 13.1. The van der Waals surface area contributed by atoms with Crippen LogP contribution in [0.5, 0.6) is 0 Å². The molecule has 92 valence electrons. The van der Waals surface area contributed by atoms with Crippen LogP contribution in [0.4, 0.5) is 10.1 Å². The largest absolute Gasteiger partial charge is 0.335 e. The van der Waals surface area contributed by atoms with Crippen molar-refractivity contribution in [2.75, 3.05) is 11.1 Å². The molecule has 0 fully saturated rings. The number of hydrogen-bond acceptors (Lipinski definition) is 3. The van der Waals surface area contributed by atoms with E-state index in [2.05, 4.69) is 24.2 Å². The molecule has 1 heterocycles. The van der Waals surface area contributed by atoms with Gasteiger partial charge in [-0.25, -0.2) is 4.39 Å². The molecule has 2 nitrogen and oxygen atoms in total. The summed E-state index contributed by atoms with van der Waals surface area (Å²) in [6.07, 6.45) is 0. The average Bonchev–Trinajstić information content (AvgIpc) is 2.72. The third kappa shape index (κ3) is 3.00. The van der Waals surface area contributed by atoms with Crippen LogP contribution in [0.25, 0.3) is 0 Å².